The van der Waals surface area contributed by atoms with Crippen LogP contribution in [0.2, 0.25) is 0 Å². The highest BCUT2D eigenvalue weighted by atomic mass is 15.2. The minimum Gasteiger partial charge on any atom is -0.359 e. The van der Waals surface area contributed by atoms with E-state index in [1.165, 1.54) is 17.7 Å². The van der Waals surface area contributed by atoms with Gasteiger partial charge in [0.2, 0.25) is 0 Å². The lowest BCUT2D eigenvalue weighted by atomic mass is 10.1. The summed E-state index contributed by atoms with van der Waals surface area (Å²) in [5, 5.41) is 9.15. The van der Waals surface area contributed by atoms with Crippen molar-refractivity contribution in [2.45, 2.75) is 32.6 Å². The molecule has 0 saturated carbocycles. The van der Waals surface area contributed by atoms with Crippen molar-refractivity contribution in [2.24, 2.45) is 0 Å². The van der Waals surface area contributed by atoms with Crippen LogP contribution < -0.4 is 4.90 Å². The van der Waals surface area contributed by atoms with Gasteiger partial charge in [-0.25, -0.2) is 4.98 Å². The van der Waals surface area contributed by atoms with E-state index in [9.17, 15) is 0 Å². The van der Waals surface area contributed by atoms with Crippen LogP contribution >= 0.6 is 0 Å². The fourth-order valence-electron chi connectivity index (χ4n) is 2.28. The molecule has 0 bridgehead atoms. The Balaban J connectivity index is 2.40. The molecule has 3 heteroatoms. The molecule has 0 fully saturated rings. The van der Waals surface area contributed by atoms with E-state index in [-0.39, 0.29) is 0 Å². The molecule has 84 valence electrons. The number of hydrogen-bond donors (Lipinski definition) is 0. The van der Waals surface area contributed by atoms with Crippen molar-refractivity contribution in [3.05, 3.63) is 22.9 Å². The number of hydrogen-bond acceptors (Lipinski definition) is 3. The second-order valence-electron chi connectivity index (χ2n) is 4.35. The summed E-state index contributed by atoms with van der Waals surface area (Å²) in [7, 11) is 2.01. The van der Waals surface area contributed by atoms with Gasteiger partial charge in [-0.3, -0.25) is 0 Å². The van der Waals surface area contributed by atoms with Gasteiger partial charge in [-0.1, -0.05) is 6.92 Å². The van der Waals surface area contributed by atoms with Crippen LogP contribution in [0.4, 0.5) is 5.82 Å². The highest BCUT2D eigenvalue weighted by Crippen LogP contribution is 2.26. The van der Waals surface area contributed by atoms with E-state index < -0.39 is 0 Å². The van der Waals surface area contributed by atoms with Gasteiger partial charge in [-0.15, -0.1) is 0 Å². The molecule has 1 heterocycles. The minimum atomic E-state index is 0.719. The molecule has 2 rings (SSSR count). The van der Waals surface area contributed by atoms with Gasteiger partial charge in [0, 0.05) is 19.3 Å². The van der Waals surface area contributed by atoms with Crippen LogP contribution in [0, 0.1) is 11.3 Å². The molecule has 0 aromatic carbocycles. The minimum absolute atomic E-state index is 0.719. The maximum Gasteiger partial charge on any atom is 0.146 e. The molecule has 0 atom stereocenters. The van der Waals surface area contributed by atoms with E-state index >= 15 is 0 Å². The number of aryl methyl sites for hydroxylation is 2. The maximum atomic E-state index is 9.15. The highest BCUT2D eigenvalue weighted by molar-refractivity contribution is 5.56. The fourth-order valence-corrected chi connectivity index (χ4v) is 2.28. The van der Waals surface area contributed by atoms with Gasteiger partial charge in [0.25, 0.3) is 0 Å². The van der Waals surface area contributed by atoms with Gasteiger partial charge in [-0.2, -0.15) is 5.26 Å². The fraction of sp³-hybridized carbons (Fsp3) is 0.538. The smallest absolute Gasteiger partial charge is 0.146 e. The summed E-state index contributed by atoms with van der Waals surface area (Å²) in [6.45, 7) is 3.08. The van der Waals surface area contributed by atoms with Crippen molar-refractivity contribution in [3.63, 3.8) is 0 Å². The molecule has 1 aliphatic carbocycles. The van der Waals surface area contributed by atoms with Crippen LogP contribution in [-0.2, 0) is 12.8 Å². The van der Waals surface area contributed by atoms with E-state index in [0.29, 0.717) is 0 Å². The Labute approximate surface area is 96.7 Å². The Morgan fingerprint density at radius 1 is 1.50 bits per heavy atom. The van der Waals surface area contributed by atoms with Crippen molar-refractivity contribution in [3.8, 4) is 6.07 Å². The van der Waals surface area contributed by atoms with Gasteiger partial charge in [-0.05, 0) is 37.3 Å². The van der Waals surface area contributed by atoms with E-state index in [4.69, 9.17) is 5.26 Å². The summed E-state index contributed by atoms with van der Waals surface area (Å²) >= 11 is 0. The van der Waals surface area contributed by atoms with E-state index in [1.807, 2.05) is 13.1 Å². The van der Waals surface area contributed by atoms with E-state index in [0.717, 1.165) is 37.2 Å². The zero-order valence-electron chi connectivity index (χ0n) is 9.95. The molecular weight excluding hydrogens is 198 g/mol. The van der Waals surface area contributed by atoms with Gasteiger partial charge < -0.3 is 4.90 Å². The average molecular weight is 215 g/mol. The number of pyridine rings is 1. The third-order valence-electron chi connectivity index (χ3n) is 3.07. The molecule has 3 nitrogen and oxygen atoms in total. The van der Waals surface area contributed by atoms with Gasteiger partial charge in [0.05, 0.1) is 5.56 Å². The summed E-state index contributed by atoms with van der Waals surface area (Å²) < 4.78 is 0. The Morgan fingerprint density at radius 2 is 2.31 bits per heavy atom. The largest absolute Gasteiger partial charge is 0.359 e. The first-order valence-electron chi connectivity index (χ1n) is 5.90. The van der Waals surface area contributed by atoms with Crippen molar-refractivity contribution < 1.29 is 0 Å². The van der Waals surface area contributed by atoms with E-state index in [1.54, 1.807) is 0 Å². The third kappa shape index (κ3) is 1.88. The van der Waals surface area contributed by atoms with E-state index in [2.05, 4.69) is 22.9 Å². The lowest BCUT2D eigenvalue weighted by molar-refractivity contribution is 0.829. The normalized spacial score (nSPS) is 13.3. The summed E-state index contributed by atoms with van der Waals surface area (Å²) in [5.74, 6) is 0.852. The number of rotatable bonds is 3. The Bertz CT molecular complexity index is 432. The van der Waals surface area contributed by atoms with Crippen LogP contribution in [0.1, 0.15) is 36.6 Å². The van der Waals surface area contributed by atoms with Gasteiger partial charge >= 0.3 is 0 Å². The molecule has 0 radical (unpaired) electrons. The SMILES string of the molecule is CCCN(C)c1nc2c(cc1C#N)CCC2. The van der Waals surface area contributed by atoms with Gasteiger partial charge in [0.15, 0.2) is 0 Å². The van der Waals surface area contributed by atoms with Crippen molar-refractivity contribution >= 4 is 5.82 Å². The van der Waals surface area contributed by atoms with Crippen LogP contribution in [-0.4, -0.2) is 18.6 Å². The number of aromatic nitrogens is 1. The predicted molar refractivity (Wildman–Crippen MR) is 64.5 cm³/mol. The zero-order chi connectivity index (χ0) is 11.5. The third-order valence-corrected chi connectivity index (χ3v) is 3.07. The lowest BCUT2D eigenvalue weighted by Crippen LogP contribution is -2.20. The lowest BCUT2D eigenvalue weighted by Gasteiger charge is -2.19. The maximum absolute atomic E-state index is 9.15. The zero-order valence-corrected chi connectivity index (χ0v) is 9.95. The second kappa shape index (κ2) is 4.52. The Hall–Kier alpha value is -1.56. The first kappa shape index (κ1) is 10.9. The average Bonchev–Trinajstić information content (AvgIpc) is 2.74. The summed E-state index contributed by atoms with van der Waals surface area (Å²) in [6.07, 6.45) is 4.39. The molecule has 0 amide bonds. The molecule has 16 heavy (non-hydrogen) atoms. The topological polar surface area (TPSA) is 39.9 Å². The molecule has 0 saturated heterocycles. The monoisotopic (exact) mass is 215 g/mol. The number of nitriles is 1. The first-order valence-corrected chi connectivity index (χ1v) is 5.90. The molecule has 0 aliphatic heterocycles. The molecule has 0 N–H and O–H groups in total. The van der Waals surface area contributed by atoms with Crippen molar-refractivity contribution in [2.75, 3.05) is 18.5 Å². The standard InChI is InChI=1S/C13H17N3/c1-3-7-16(2)13-11(9-14)8-10-5-4-6-12(10)15-13/h8H,3-7H2,1-2H3. The molecule has 1 aromatic heterocycles. The quantitative estimate of drug-likeness (QED) is 0.776. The van der Waals surface area contributed by atoms with Crippen LogP contribution in [0.5, 0.6) is 0 Å². The van der Waals surface area contributed by atoms with Crippen LogP contribution in [0.3, 0.4) is 0 Å². The van der Waals surface area contributed by atoms with Crippen molar-refractivity contribution in [1.29, 1.82) is 5.26 Å². The number of nitrogens with zero attached hydrogens (tertiary/aromatic N) is 3. The molecular formula is C13H17N3. The highest BCUT2D eigenvalue weighted by Gasteiger charge is 2.17. The number of fused-ring (bicyclic) bond motifs is 1. The van der Waals surface area contributed by atoms with Crippen LogP contribution in [0.25, 0.3) is 0 Å². The second-order valence-corrected chi connectivity index (χ2v) is 4.35. The molecule has 0 spiro atoms. The summed E-state index contributed by atoms with van der Waals surface area (Å²) in [5.41, 5.74) is 3.18. The summed E-state index contributed by atoms with van der Waals surface area (Å²) in [6, 6.07) is 4.29. The predicted octanol–water partition coefficient (Wildman–Crippen LogP) is 2.29. The summed E-state index contributed by atoms with van der Waals surface area (Å²) in [4.78, 5) is 6.73. The van der Waals surface area contributed by atoms with Crippen LogP contribution in [0.15, 0.2) is 6.07 Å². The molecule has 1 aromatic rings. The molecule has 1 aliphatic rings. The number of anilines is 1. The Kier molecular flexibility index (Phi) is 3.09. The first-order chi connectivity index (χ1) is 7.76. The van der Waals surface area contributed by atoms with Crippen molar-refractivity contribution in [1.82, 2.24) is 4.98 Å². The Morgan fingerprint density at radius 3 is 3.00 bits per heavy atom. The molecule has 0 unspecified atom stereocenters. The van der Waals surface area contributed by atoms with Gasteiger partial charge in [0.1, 0.15) is 11.9 Å².